The number of nitrogens with one attached hydrogen (secondary N) is 1. The molecule has 0 saturated carbocycles. The fourth-order valence-electron chi connectivity index (χ4n) is 1.96. The molecule has 0 aliphatic heterocycles. The van der Waals surface area contributed by atoms with E-state index in [0.29, 0.717) is 12.0 Å². The standard InChI is InChI=1S/C15H17N3O2S/c1-21-7-6-13(14(16)19)18-15(20)11-8-10-4-2-3-5-12(10)17-9-11/h2-5,8-9,13H,6-7H2,1H3,(H2,16,19)(H,18,20)/t13-/m0/s1. The van der Waals surface area contributed by atoms with Crippen LogP contribution in [0.2, 0.25) is 0 Å². The summed E-state index contributed by atoms with van der Waals surface area (Å²) in [7, 11) is 0. The number of nitrogens with zero attached hydrogens (tertiary/aromatic N) is 1. The predicted octanol–water partition coefficient (Wildman–Crippen LogP) is 1.57. The molecule has 3 N–H and O–H groups in total. The van der Waals surface area contributed by atoms with Gasteiger partial charge in [-0.1, -0.05) is 18.2 Å². The first-order chi connectivity index (χ1) is 10.1. The summed E-state index contributed by atoms with van der Waals surface area (Å²) < 4.78 is 0. The van der Waals surface area contributed by atoms with Crippen molar-refractivity contribution >= 4 is 34.5 Å². The summed E-state index contributed by atoms with van der Waals surface area (Å²) in [6, 6.07) is 8.64. The van der Waals surface area contributed by atoms with E-state index in [4.69, 9.17) is 5.73 Å². The molecular weight excluding hydrogens is 286 g/mol. The van der Waals surface area contributed by atoms with Gasteiger partial charge in [0.15, 0.2) is 0 Å². The third-order valence-electron chi connectivity index (χ3n) is 3.11. The fourth-order valence-corrected chi connectivity index (χ4v) is 2.43. The SMILES string of the molecule is CSCC[C@H](NC(=O)c1cnc2ccccc2c1)C(N)=O. The van der Waals surface area contributed by atoms with Crippen molar-refractivity contribution in [3.63, 3.8) is 0 Å². The number of primary amides is 1. The molecule has 0 bridgehead atoms. The van der Waals surface area contributed by atoms with E-state index < -0.39 is 11.9 Å². The molecule has 21 heavy (non-hydrogen) atoms. The van der Waals surface area contributed by atoms with Gasteiger partial charge in [-0.2, -0.15) is 11.8 Å². The second kappa shape index (κ2) is 7.08. The Labute approximate surface area is 127 Å². The monoisotopic (exact) mass is 303 g/mol. The van der Waals surface area contributed by atoms with Crippen LogP contribution in [0, 0.1) is 0 Å². The lowest BCUT2D eigenvalue weighted by atomic mass is 10.1. The van der Waals surface area contributed by atoms with Crippen LogP contribution in [0.3, 0.4) is 0 Å². The molecule has 0 radical (unpaired) electrons. The molecule has 1 atom stereocenters. The van der Waals surface area contributed by atoms with Crippen LogP contribution in [0.5, 0.6) is 0 Å². The number of benzene rings is 1. The van der Waals surface area contributed by atoms with Gasteiger partial charge in [0.1, 0.15) is 6.04 Å². The molecule has 2 amide bonds. The Balaban J connectivity index is 2.15. The highest BCUT2D eigenvalue weighted by molar-refractivity contribution is 7.98. The Morgan fingerprint density at radius 3 is 2.86 bits per heavy atom. The van der Waals surface area contributed by atoms with Crippen molar-refractivity contribution in [3.8, 4) is 0 Å². The Morgan fingerprint density at radius 2 is 2.14 bits per heavy atom. The maximum Gasteiger partial charge on any atom is 0.253 e. The molecule has 6 heteroatoms. The molecular formula is C15H17N3O2S. The number of para-hydroxylation sites is 1. The van der Waals surface area contributed by atoms with Crippen molar-refractivity contribution in [1.29, 1.82) is 0 Å². The van der Waals surface area contributed by atoms with E-state index in [9.17, 15) is 9.59 Å². The predicted molar refractivity (Wildman–Crippen MR) is 85.2 cm³/mol. The van der Waals surface area contributed by atoms with Crippen LogP contribution < -0.4 is 11.1 Å². The average molecular weight is 303 g/mol. The molecule has 2 aromatic rings. The summed E-state index contributed by atoms with van der Waals surface area (Å²) in [5.74, 6) is -0.103. The zero-order chi connectivity index (χ0) is 15.2. The van der Waals surface area contributed by atoms with Crippen LogP contribution in [-0.4, -0.2) is 34.8 Å². The summed E-state index contributed by atoms with van der Waals surface area (Å²) in [5.41, 5.74) is 6.56. The van der Waals surface area contributed by atoms with Gasteiger partial charge in [0.05, 0.1) is 11.1 Å². The number of nitrogens with two attached hydrogens (primary N) is 1. The third-order valence-corrected chi connectivity index (χ3v) is 3.76. The first-order valence-corrected chi connectivity index (χ1v) is 7.95. The van der Waals surface area contributed by atoms with Crippen molar-refractivity contribution < 1.29 is 9.59 Å². The Hall–Kier alpha value is -2.08. The lowest BCUT2D eigenvalue weighted by Gasteiger charge is -2.15. The summed E-state index contributed by atoms with van der Waals surface area (Å²) >= 11 is 1.60. The van der Waals surface area contributed by atoms with Crippen molar-refractivity contribution in [2.45, 2.75) is 12.5 Å². The second-order valence-corrected chi connectivity index (χ2v) is 5.61. The van der Waals surface area contributed by atoms with Gasteiger partial charge in [0, 0.05) is 11.6 Å². The minimum absolute atomic E-state index is 0.335. The number of carbonyl (C=O) groups excluding carboxylic acids is 2. The number of thioether (sulfide) groups is 1. The Bertz CT molecular complexity index is 660. The van der Waals surface area contributed by atoms with Gasteiger partial charge in [-0.3, -0.25) is 14.6 Å². The topological polar surface area (TPSA) is 85.1 Å². The van der Waals surface area contributed by atoms with Crippen molar-refractivity contribution in [2.75, 3.05) is 12.0 Å². The minimum Gasteiger partial charge on any atom is -0.368 e. The number of fused-ring (bicyclic) bond motifs is 1. The number of hydrogen-bond acceptors (Lipinski definition) is 4. The van der Waals surface area contributed by atoms with Crippen LogP contribution in [0.25, 0.3) is 10.9 Å². The Kier molecular flexibility index (Phi) is 5.16. The summed E-state index contributed by atoms with van der Waals surface area (Å²) in [6.07, 6.45) is 3.96. The van der Waals surface area contributed by atoms with Gasteiger partial charge >= 0.3 is 0 Å². The number of hydrogen-bond donors (Lipinski definition) is 2. The summed E-state index contributed by atoms with van der Waals surface area (Å²) in [5, 5.41) is 3.54. The van der Waals surface area contributed by atoms with E-state index in [1.807, 2.05) is 30.5 Å². The molecule has 110 valence electrons. The zero-order valence-corrected chi connectivity index (χ0v) is 12.5. The van der Waals surface area contributed by atoms with Crippen molar-refractivity contribution in [3.05, 3.63) is 42.1 Å². The molecule has 0 spiro atoms. The lowest BCUT2D eigenvalue weighted by molar-refractivity contribution is -0.119. The van der Waals surface area contributed by atoms with E-state index in [-0.39, 0.29) is 5.91 Å². The molecule has 0 saturated heterocycles. The highest BCUT2D eigenvalue weighted by atomic mass is 32.2. The number of amides is 2. The minimum atomic E-state index is -0.656. The van der Waals surface area contributed by atoms with E-state index in [1.165, 1.54) is 6.20 Å². The quantitative estimate of drug-likeness (QED) is 0.848. The maximum atomic E-state index is 12.2. The molecule has 1 aromatic carbocycles. The van der Waals surface area contributed by atoms with Crippen LogP contribution in [0.15, 0.2) is 36.5 Å². The summed E-state index contributed by atoms with van der Waals surface area (Å²) in [6.45, 7) is 0. The van der Waals surface area contributed by atoms with Crippen molar-refractivity contribution in [2.24, 2.45) is 5.73 Å². The zero-order valence-electron chi connectivity index (χ0n) is 11.7. The summed E-state index contributed by atoms with van der Waals surface area (Å²) in [4.78, 5) is 27.8. The molecule has 2 rings (SSSR count). The second-order valence-electron chi connectivity index (χ2n) is 4.63. The Morgan fingerprint density at radius 1 is 1.38 bits per heavy atom. The highest BCUT2D eigenvalue weighted by Gasteiger charge is 2.18. The van der Waals surface area contributed by atoms with Gasteiger partial charge in [-0.15, -0.1) is 0 Å². The normalized spacial score (nSPS) is 12.0. The van der Waals surface area contributed by atoms with Gasteiger partial charge in [-0.05, 0) is 30.6 Å². The van der Waals surface area contributed by atoms with Crippen LogP contribution in [-0.2, 0) is 4.79 Å². The number of pyridine rings is 1. The molecule has 0 unspecified atom stereocenters. The smallest absolute Gasteiger partial charge is 0.253 e. The van der Waals surface area contributed by atoms with Crippen LogP contribution in [0.1, 0.15) is 16.8 Å². The number of aromatic nitrogens is 1. The number of carbonyl (C=O) groups is 2. The molecule has 0 aliphatic rings. The lowest BCUT2D eigenvalue weighted by Crippen LogP contribution is -2.44. The number of rotatable bonds is 6. The average Bonchev–Trinajstić information content (AvgIpc) is 2.50. The molecule has 0 fully saturated rings. The highest BCUT2D eigenvalue weighted by Crippen LogP contribution is 2.13. The van der Waals surface area contributed by atoms with Gasteiger partial charge in [0.25, 0.3) is 5.91 Å². The van der Waals surface area contributed by atoms with E-state index in [2.05, 4.69) is 10.3 Å². The maximum absolute atomic E-state index is 12.2. The molecule has 1 heterocycles. The molecule has 5 nitrogen and oxygen atoms in total. The van der Waals surface area contributed by atoms with E-state index in [1.54, 1.807) is 17.8 Å². The first kappa shape index (κ1) is 15.3. The molecule has 1 aromatic heterocycles. The molecule has 0 aliphatic carbocycles. The van der Waals surface area contributed by atoms with Gasteiger partial charge < -0.3 is 11.1 Å². The van der Waals surface area contributed by atoms with Gasteiger partial charge in [0.2, 0.25) is 5.91 Å². The first-order valence-electron chi connectivity index (χ1n) is 6.55. The fraction of sp³-hybridized carbons (Fsp3) is 0.267. The van der Waals surface area contributed by atoms with Crippen LogP contribution in [0.4, 0.5) is 0 Å². The van der Waals surface area contributed by atoms with E-state index in [0.717, 1.165) is 16.7 Å². The largest absolute Gasteiger partial charge is 0.368 e. The van der Waals surface area contributed by atoms with E-state index >= 15 is 0 Å². The van der Waals surface area contributed by atoms with Crippen LogP contribution >= 0.6 is 11.8 Å². The van der Waals surface area contributed by atoms with Crippen molar-refractivity contribution in [1.82, 2.24) is 10.3 Å². The van der Waals surface area contributed by atoms with Gasteiger partial charge in [-0.25, -0.2) is 0 Å². The third kappa shape index (κ3) is 3.95.